The standard InChI is InChI=1S/C11H13ClN4/c1-7(2)10-11(13)16(15-14-10)9-5-3-8(12)4-6-9/h3-7H,13H2,1-2H3. The second-order valence-corrected chi connectivity index (χ2v) is 4.34. The molecule has 2 N–H and O–H groups in total. The molecule has 2 rings (SSSR count). The van der Waals surface area contributed by atoms with E-state index in [4.69, 9.17) is 17.3 Å². The normalized spacial score (nSPS) is 11.0. The Labute approximate surface area is 99.0 Å². The number of nitrogens with two attached hydrogens (primary N) is 1. The average Bonchev–Trinajstić information content (AvgIpc) is 2.61. The molecular weight excluding hydrogens is 224 g/mol. The molecule has 1 aromatic heterocycles. The quantitative estimate of drug-likeness (QED) is 0.872. The Hall–Kier alpha value is -1.55. The lowest BCUT2D eigenvalue weighted by molar-refractivity contribution is 0.776. The first-order valence-electron chi connectivity index (χ1n) is 5.06. The van der Waals surface area contributed by atoms with E-state index < -0.39 is 0 Å². The van der Waals surface area contributed by atoms with E-state index in [0.717, 1.165) is 11.4 Å². The summed E-state index contributed by atoms with van der Waals surface area (Å²) in [6, 6.07) is 7.31. The summed E-state index contributed by atoms with van der Waals surface area (Å²) in [5.41, 5.74) is 7.66. The summed E-state index contributed by atoms with van der Waals surface area (Å²) in [7, 11) is 0. The Morgan fingerprint density at radius 3 is 2.38 bits per heavy atom. The number of nitrogens with zero attached hydrogens (tertiary/aromatic N) is 3. The molecule has 0 amide bonds. The van der Waals surface area contributed by atoms with Gasteiger partial charge in [-0.3, -0.25) is 0 Å². The molecule has 0 aliphatic carbocycles. The fourth-order valence-corrected chi connectivity index (χ4v) is 1.61. The van der Waals surface area contributed by atoms with Crippen LogP contribution in [0.2, 0.25) is 5.02 Å². The molecule has 84 valence electrons. The van der Waals surface area contributed by atoms with E-state index >= 15 is 0 Å². The van der Waals surface area contributed by atoms with Crippen LogP contribution in [-0.4, -0.2) is 15.0 Å². The van der Waals surface area contributed by atoms with E-state index in [1.54, 1.807) is 16.8 Å². The first-order chi connectivity index (χ1) is 7.59. The molecule has 0 atom stereocenters. The molecular formula is C11H13ClN4. The van der Waals surface area contributed by atoms with Crippen LogP contribution in [0.1, 0.15) is 25.5 Å². The molecule has 1 aromatic carbocycles. The highest BCUT2D eigenvalue weighted by Gasteiger charge is 2.13. The highest BCUT2D eigenvalue weighted by atomic mass is 35.5. The van der Waals surface area contributed by atoms with E-state index in [9.17, 15) is 0 Å². The van der Waals surface area contributed by atoms with Gasteiger partial charge >= 0.3 is 0 Å². The third-order valence-corrected chi connectivity index (χ3v) is 2.60. The summed E-state index contributed by atoms with van der Waals surface area (Å²) in [6.07, 6.45) is 0. The van der Waals surface area contributed by atoms with Crippen molar-refractivity contribution in [2.75, 3.05) is 5.73 Å². The van der Waals surface area contributed by atoms with Crippen molar-refractivity contribution < 1.29 is 0 Å². The molecule has 0 unspecified atom stereocenters. The van der Waals surface area contributed by atoms with Gasteiger partial charge in [-0.25, -0.2) is 0 Å². The molecule has 0 saturated heterocycles. The molecule has 1 heterocycles. The fourth-order valence-electron chi connectivity index (χ4n) is 1.49. The van der Waals surface area contributed by atoms with Gasteiger partial charge in [0.15, 0.2) is 5.82 Å². The highest BCUT2D eigenvalue weighted by molar-refractivity contribution is 6.30. The molecule has 0 bridgehead atoms. The van der Waals surface area contributed by atoms with Gasteiger partial charge in [0.2, 0.25) is 0 Å². The Balaban J connectivity index is 2.45. The van der Waals surface area contributed by atoms with Gasteiger partial charge in [0.25, 0.3) is 0 Å². The second-order valence-electron chi connectivity index (χ2n) is 3.90. The van der Waals surface area contributed by atoms with Crippen molar-refractivity contribution in [3.8, 4) is 5.69 Å². The molecule has 4 nitrogen and oxygen atoms in total. The minimum Gasteiger partial charge on any atom is -0.382 e. The lowest BCUT2D eigenvalue weighted by atomic mass is 10.1. The Bertz CT molecular complexity index is 487. The summed E-state index contributed by atoms with van der Waals surface area (Å²) in [4.78, 5) is 0. The number of nitrogen functional groups attached to an aromatic ring is 1. The largest absolute Gasteiger partial charge is 0.382 e. The van der Waals surface area contributed by atoms with E-state index in [-0.39, 0.29) is 5.92 Å². The van der Waals surface area contributed by atoms with Crippen molar-refractivity contribution >= 4 is 17.4 Å². The SMILES string of the molecule is CC(C)c1nnn(-c2ccc(Cl)cc2)c1N. The minimum atomic E-state index is 0.265. The van der Waals surface area contributed by atoms with Crippen molar-refractivity contribution in [2.45, 2.75) is 19.8 Å². The first kappa shape index (κ1) is 11.0. The maximum atomic E-state index is 5.98. The van der Waals surface area contributed by atoms with Gasteiger partial charge in [-0.2, -0.15) is 4.68 Å². The summed E-state index contributed by atoms with van der Waals surface area (Å²) in [6.45, 7) is 4.07. The lowest BCUT2D eigenvalue weighted by Crippen LogP contribution is -2.03. The number of hydrogen-bond donors (Lipinski definition) is 1. The minimum absolute atomic E-state index is 0.265. The summed E-state index contributed by atoms with van der Waals surface area (Å²) >= 11 is 5.82. The first-order valence-corrected chi connectivity index (χ1v) is 5.44. The van der Waals surface area contributed by atoms with Gasteiger partial charge < -0.3 is 5.73 Å². The molecule has 0 spiro atoms. The van der Waals surface area contributed by atoms with Crippen LogP contribution in [0.5, 0.6) is 0 Å². The number of hydrogen-bond acceptors (Lipinski definition) is 3. The van der Waals surface area contributed by atoms with Gasteiger partial charge in [-0.1, -0.05) is 30.7 Å². The van der Waals surface area contributed by atoms with Gasteiger partial charge in [-0.05, 0) is 24.3 Å². The van der Waals surface area contributed by atoms with Crippen molar-refractivity contribution in [1.29, 1.82) is 0 Å². The molecule has 0 saturated carbocycles. The maximum absolute atomic E-state index is 5.98. The molecule has 0 aliphatic heterocycles. The molecule has 0 fully saturated rings. The zero-order chi connectivity index (χ0) is 11.7. The van der Waals surface area contributed by atoms with Crippen molar-refractivity contribution in [3.63, 3.8) is 0 Å². The summed E-state index contributed by atoms with van der Waals surface area (Å²) in [5, 5.41) is 8.79. The van der Waals surface area contributed by atoms with Crippen LogP contribution in [-0.2, 0) is 0 Å². The molecule has 2 aromatic rings. The van der Waals surface area contributed by atoms with Crippen LogP contribution < -0.4 is 5.73 Å². The van der Waals surface area contributed by atoms with Crippen LogP contribution >= 0.6 is 11.6 Å². The predicted molar refractivity (Wildman–Crippen MR) is 64.9 cm³/mol. The topological polar surface area (TPSA) is 56.7 Å². The van der Waals surface area contributed by atoms with Gasteiger partial charge in [0, 0.05) is 10.9 Å². The third-order valence-electron chi connectivity index (χ3n) is 2.35. The van der Waals surface area contributed by atoms with Crippen LogP contribution in [0.25, 0.3) is 5.69 Å². The van der Waals surface area contributed by atoms with Crippen LogP contribution in [0.15, 0.2) is 24.3 Å². The molecule has 5 heteroatoms. The van der Waals surface area contributed by atoms with Gasteiger partial charge in [0.05, 0.1) is 5.69 Å². The van der Waals surface area contributed by atoms with Crippen molar-refractivity contribution in [1.82, 2.24) is 15.0 Å². The smallest absolute Gasteiger partial charge is 0.151 e. The number of halogens is 1. The second kappa shape index (κ2) is 4.14. The Morgan fingerprint density at radius 2 is 1.88 bits per heavy atom. The third kappa shape index (κ3) is 1.88. The zero-order valence-electron chi connectivity index (χ0n) is 9.18. The Morgan fingerprint density at radius 1 is 1.25 bits per heavy atom. The number of anilines is 1. The van der Waals surface area contributed by atoms with E-state index in [2.05, 4.69) is 10.3 Å². The van der Waals surface area contributed by atoms with E-state index in [0.29, 0.717) is 10.8 Å². The lowest BCUT2D eigenvalue weighted by Gasteiger charge is -2.04. The van der Waals surface area contributed by atoms with Gasteiger partial charge in [0.1, 0.15) is 5.69 Å². The monoisotopic (exact) mass is 236 g/mol. The number of benzene rings is 1. The van der Waals surface area contributed by atoms with E-state index in [1.165, 1.54) is 0 Å². The van der Waals surface area contributed by atoms with Crippen molar-refractivity contribution in [2.24, 2.45) is 0 Å². The zero-order valence-corrected chi connectivity index (χ0v) is 9.94. The van der Waals surface area contributed by atoms with Gasteiger partial charge in [-0.15, -0.1) is 5.10 Å². The summed E-state index contributed by atoms with van der Waals surface area (Å²) in [5.74, 6) is 0.846. The number of rotatable bonds is 2. The van der Waals surface area contributed by atoms with E-state index in [1.807, 2.05) is 26.0 Å². The van der Waals surface area contributed by atoms with Crippen molar-refractivity contribution in [3.05, 3.63) is 35.0 Å². The summed E-state index contributed by atoms with van der Waals surface area (Å²) < 4.78 is 1.62. The highest BCUT2D eigenvalue weighted by Crippen LogP contribution is 2.22. The average molecular weight is 237 g/mol. The molecule has 0 radical (unpaired) electrons. The molecule has 16 heavy (non-hydrogen) atoms. The predicted octanol–water partition coefficient (Wildman–Crippen LogP) is 2.63. The number of aromatic nitrogens is 3. The van der Waals surface area contributed by atoms with Crippen LogP contribution in [0, 0.1) is 0 Å². The maximum Gasteiger partial charge on any atom is 0.151 e. The molecule has 0 aliphatic rings. The van der Waals surface area contributed by atoms with Crippen LogP contribution in [0.4, 0.5) is 5.82 Å². The fraction of sp³-hybridized carbons (Fsp3) is 0.273. The van der Waals surface area contributed by atoms with Crippen LogP contribution in [0.3, 0.4) is 0 Å². The Kier molecular flexibility index (Phi) is 2.83.